The van der Waals surface area contributed by atoms with Crippen molar-refractivity contribution in [3.8, 4) is 61.6 Å². The molecule has 0 saturated carbocycles. The van der Waals surface area contributed by atoms with Gasteiger partial charge in [-0.3, -0.25) is 4.57 Å². The highest BCUT2D eigenvalue weighted by molar-refractivity contribution is 6.25. The van der Waals surface area contributed by atoms with E-state index in [1.165, 1.54) is 76.3 Å². The van der Waals surface area contributed by atoms with Gasteiger partial charge in [-0.15, -0.1) is 0 Å². The fourth-order valence-corrected chi connectivity index (χ4v) is 14.1. The van der Waals surface area contributed by atoms with E-state index in [2.05, 4.69) is 366 Å². The summed E-state index contributed by atoms with van der Waals surface area (Å²) in [6, 6.07) is 128. The van der Waals surface area contributed by atoms with Gasteiger partial charge in [0.1, 0.15) is 5.82 Å². The van der Waals surface area contributed by atoms with Gasteiger partial charge in [0, 0.05) is 45.4 Å². The minimum Gasteiger partial charge on any atom is -0.310 e. The van der Waals surface area contributed by atoms with Crippen LogP contribution in [0.3, 0.4) is 0 Å². The zero-order chi connectivity index (χ0) is 60.2. The van der Waals surface area contributed by atoms with Crippen LogP contribution in [0.2, 0.25) is 0 Å². The monoisotopic (exact) mass is 1160 g/mol. The van der Waals surface area contributed by atoms with Crippen molar-refractivity contribution in [3.05, 3.63) is 352 Å². The van der Waals surface area contributed by atoms with Gasteiger partial charge >= 0.3 is 0 Å². The summed E-state index contributed by atoms with van der Waals surface area (Å²) >= 11 is 0. The van der Waals surface area contributed by atoms with E-state index >= 15 is 0 Å². The second-order valence-corrected chi connectivity index (χ2v) is 23.4. The molecule has 0 aliphatic heterocycles. The Bertz CT molecular complexity index is 5450. The Labute approximate surface area is 528 Å². The summed E-state index contributed by atoms with van der Waals surface area (Å²) in [6.07, 6.45) is 0. The molecule has 0 atom stereocenters. The van der Waals surface area contributed by atoms with Crippen LogP contribution in [0, 0.1) is 0 Å². The van der Waals surface area contributed by atoms with E-state index in [1.54, 1.807) is 0 Å². The Kier molecular flexibility index (Phi) is 13.2. The van der Waals surface area contributed by atoms with E-state index < -0.39 is 0 Å². The Morgan fingerprint density at radius 1 is 0.220 bits per heavy atom. The Balaban J connectivity index is 0.871. The molecule has 0 spiro atoms. The first-order valence-electron chi connectivity index (χ1n) is 31.2. The molecule has 0 N–H and O–H groups in total. The second-order valence-electron chi connectivity index (χ2n) is 23.4. The minimum absolute atomic E-state index is 0.922. The maximum Gasteiger partial charge on any atom is 0.145 e. The van der Waals surface area contributed by atoms with Crippen LogP contribution in [0.5, 0.6) is 0 Å². The van der Waals surface area contributed by atoms with E-state index in [9.17, 15) is 0 Å². The highest BCUT2D eigenvalue weighted by Gasteiger charge is 2.24. The summed E-state index contributed by atoms with van der Waals surface area (Å²) < 4.78 is 2.28. The lowest BCUT2D eigenvalue weighted by atomic mass is 9.82. The topological polar surface area (TPSA) is 24.3 Å². The average molecular weight is 1160 g/mol. The lowest BCUT2D eigenvalue weighted by molar-refractivity contribution is 1.10. The van der Waals surface area contributed by atoms with Gasteiger partial charge in [-0.1, -0.05) is 237 Å². The van der Waals surface area contributed by atoms with Crippen LogP contribution in [0.15, 0.2) is 352 Å². The molecule has 0 saturated heterocycles. The van der Waals surface area contributed by atoms with Crippen molar-refractivity contribution in [1.29, 1.82) is 0 Å². The molecule has 0 amide bonds. The van der Waals surface area contributed by atoms with Gasteiger partial charge in [0.05, 0.1) is 11.0 Å². The van der Waals surface area contributed by atoms with Gasteiger partial charge in [0.2, 0.25) is 0 Å². The summed E-state index contributed by atoms with van der Waals surface area (Å²) in [6.45, 7) is 0. The van der Waals surface area contributed by atoms with Crippen molar-refractivity contribution in [3.63, 3.8) is 0 Å². The molecule has 0 radical (unpaired) electrons. The molecule has 0 unspecified atom stereocenters. The van der Waals surface area contributed by atoms with Crippen LogP contribution in [-0.4, -0.2) is 9.55 Å². The fraction of sp³-hybridized carbons (Fsp3) is 0. The third-order valence-corrected chi connectivity index (χ3v) is 18.1. The fourth-order valence-electron chi connectivity index (χ4n) is 14.1. The number of benzene rings is 16. The molecule has 1 aromatic heterocycles. The normalized spacial score (nSPS) is 11.5. The number of rotatable bonds is 12. The third-order valence-electron chi connectivity index (χ3n) is 18.1. The molecule has 0 aliphatic carbocycles. The van der Waals surface area contributed by atoms with Crippen molar-refractivity contribution in [2.75, 3.05) is 9.80 Å². The molecule has 0 aliphatic rings. The van der Waals surface area contributed by atoms with Crippen LogP contribution in [-0.2, 0) is 0 Å². The van der Waals surface area contributed by atoms with Crippen molar-refractivity contribution in [2.45, 2.75) is 0 Å². The Morgan fingerprint density at radius 2 is 0.549 bits per heavy atom. The molecule has 0 bridgehead atoms. The SMILES string of the molecule is c1ccc(N(c2ccccc2)c2cccc(-c3c4ccccc4c(-c4cccc(N(c5ccccc5)c5ccccc5)c4)c4cc(-c5c6ccccc6c(-c6ccc7cc(-c8nc9ccccc9n8-c8ccccc8)ccc7c6)c6ccccc56)ccc34)c2)cc1. The van der Waals surface area contributed by atoms with Crippen LogP contribution in [0.4, 0.5) is 34.1 Å². The molecule has 17 aromatic rings. The third kappa shape index (κ3) is 9.36. The summed E-state index contributed by atoms with van der Waals surface area (Å²) in [5.41, 5.74) is 20.2. The Morgan fingerprint density at radius 3 is 1.01 bits per heavy atom. The van der Waals surface area contributed by atoms with Crippen molar-refractivity contribution < 1.29 is 0 Å². The largest absolute Gasteiger partial charge is 0.310 e. The molecule has 4 nitrogen and oxygen atoms in total. The number of anilines is 6. The van der Waals surface area contributed by atoms with Crippen LogP contribution >= 0.6 is 0 Å². The molecular weight excluding hydrogens is 1100 g/mol. The number of para-hydroxylation sites is 7. The number of imidazole rings is 1. The van der Waals surface area contributed by atoms with Gasteiger partial charge in [-0.2, -0.15) is 0 Å². The van der Waals surface area contributed by atoms with Crippen molar-refractivity contribution in [2.24, 2.45) is 0 Å². The molecule has 4 heteroatoms. The zero-order valence-electron chi connectivity index (χ0n) is 49.8. The zero-order valence-corrected chi connectivity index (χ0v) is 49.8. The lowest BCUT2D eigenvalue weighted by Crippen LogP contribution is -2.09. The van der Waals surface area contributed by atoms with E-state index in [0.29, 0.717) is 0 Å². The van der Waals surface area contributed by atoms with Gasteiger partial charge in [0.25, 0.3) is 0 Å². The molecular formula is C87H58N4. The number of nitrogens with zero attached hydrogens (tertiary/aromatic N) is 4. The van der Waals surface area contributed by atoms with Gasteiger partial charge in [-0.05, 0) is 214 Å². The summed E-state index contributed by atoms with van der Waals surface area (Å²) in [5.74, 6) is 0.922. The first-order valence-corrected chi connectivity index (χ1v) is 31.2. The van der Waals surface area contributed by atoms with E-state index in [0.717, 1.165) is 84.3 Å². The summed E-state index contributed by atoms with van der Waals surface area (Å²) in [4.78, 5) is 9.94. The Hall–Kier alpha value is -12.1. The summed E-state index contributed by atoms with van der Waals surface area (Å²) in [7, 11) is 0. The van der Waals surface area contributed by atoms with Crippen LogP contribution in [0.25, 0.3) is 126 Å². The second kappa shape index (κ2) is 22.6. The molecule has 426 valence electrons. The number of fused-ring (bicyclic) bond motifs is 6. The van der Waals surface area contributed by atoms with E-state index in [4.69, 9.17) is 4.98 Å². The maximum atomic E-state index is 5.22. The van der Waals surface area contributed by atoms with Crippen LogP contribution in [0.1, 0.15) is 0 Å². The molecule has 91 heavy (non-hydrogen) atoms. The number of aromatic nitrogens is 2. The average Bonchev–Trinajstić information content (AvgIpc) is 1.20. The van der Waals surface area contributed by atoms with Gasteiger partial charge in [0.15, 0.2) is 0 Å². The quantitative estimate of drug-likeness (QED) is 0.114. The maximum absolute atomic E-state index is 5.22. The molecule has 1 heterocycles. The highest BCUT2D eigenvalue weighted by Crippen LogP contribution is 2.50. The highest BCUT2D eigenvalue weighted by atomic mass is 15.1. The lowest BCUT2D eigenvalue weighted by Gasteiger charge is -2.27. The molecule has 16 aromatic carbocycles. The standard InChI is InChI=1S/C87H58N4/c1-6-28-66(29-7-1)89(67-30-8-2-9-31-67)71-38-24-26-61(56-71)83-77-44-20-21-45-78(77)86(62-27-25-39-72(57-62)90(68-32-10-3-11-33-68)69-34-12-4-13-35-69)80-58-64(52-53-79(80)83)85-75-42-18-16-40-73(75)84(74-41-17-19-43-76(74)85)63-50-48-60-55-65(51-49-59(60)54-63)87-88-81-46-22-23-47-82(81)91(87)70-36-14-5-15-37-70/h1-58H. The smallest absolute Gasteiger partial charge is 0.145 e. The van der Waals surface area contributed by atoms with E-state index in [-0.39, 0.29) is 0 Å². The first-order chi connectivity index (χ1) is 45.2. The van der Waals surface area contributed by atoms with Gasteiger partial charge in [-0.25, -0.2) is 4.98 Å². The van der Waals surface area contributed by atoms with Crippen LogP contribution < -0.4 is 9.80 Å². The van der Waals surface area contributed by atoms with Crippen molar-refractivity contribution in [1.82, 2.24) is 9.55 Å². The number of hydrogen-bond donors (Lipinski definition) is 0. The first kappa shape index (κ1) is 53.2. The minimum atomic E-state index is 0.922. The molecule has 0 fully saturated rings. The predicted octanol–water partition coefficient (Wildman–Crippen LogP) is 24.1. The number of hydrogen-bond acceptors (Lipinski definition) is 3. The van der Waals surface area contributed by atoms with Crippen molar-refractivity contribution >= 4 is 99.0 Å². The van der Waals surface area contributed by atoms with Gasteiger partial charge < -0.3 is 9.80 Å². The predicted molar refractivity (Wildman–Crippen MR) is 385 cm³/mol. The van der Waals surface area contributed by atoms with E-state index in [1.807, 2.05) is 0 Å². The molecule has 17 rings (SSSR count). The summed E-state index contributed by atoms with van der Waals surface area (Å²) in [5, 5.41) is 11.9.